The second-order valence-corrected chi connectivity index (χ2v) is 4.56. The number of nitrogens with zero attached hydrogens (tertiary/aromatic N) is 5. The van der Waals surface area contributed by atoms with Gasteiger partial charge in [-0.15, -0.1) is 10.2 Å². The number of hydrogen-bond acceptors (Lipinski definition) is 5. The summed E-state index contributed by atoms with van der Waals surface area (Å²) in [5, 5.41) is 8.14. The highest BCUT2D eigenvalue weighted by Crippen LogP contribution is 2.25. The van der Waals surface area contributed by atoms with Crippen LogP contribution in [-0.2, 0) is 0 Å². The summed E-state index contributed by atoms with van der Waals surface area (Å²) < 4.78 is 7.11. The Bertz CT molecular complexity index is 947. The average molecular weight is 277 g/mol. The van der Waals surface area contributed by atoms with Gasteiger partial charge < -0.3 is 4.74 Å². The molecule has 0 fully saturated rings. The number of ether oxygens (including phenoxy) is 1. The van der Waals surface area contributed by atoms with Crippen LogP contribution >= 0.6 is 0 Å². The number of hydrogen-bond donors (Lipinski definition) is 0. The van der Waals surface area contributed by atoms with Gasteiger partial charge in [-0.2, -0.15) is 0 Å². The summed E-state index contributed by atoms with van der Waals surface area (Å²) in [6.07, 6.45) is 3.37. The Morgan fingerprint density at radius 3 is 3.00 bits per heavy atom. The smallest absolute Gasteiger partial charge is 0.190 e. The van der Waals surface area contributed by atoms with E-state index >= 15 is 0 Å². The standard InChI is InChI=1S/C15H11N5O/c1-21-11-5-2-4-10(8-11)14-18-12-6-3-7-16-13(12)15-19-17-9-20(14)15/h2-9H,1H3. The van der Waals surface area contributed by atoms with Crippen molar-refractivity contribution in [3.8, 4) is 17.1 Å². The van der Waals surface area contributed by atoms with Gasteiger partial charge in [-0.25, -0.2) is 4.98 Å². The molecule has 1 aromatic carbocycles. The van der Waals surface area contributed by atoms with Gasteiger partial charge in [-0.1, -0.05) is 12.1 Å². The summed E-state index contributed by atoms with van der Waals surface area (Å²) in [5.74, 6) is 1.54. The predicted octanol–water partition coefficient (Wildman–Crippen LogP) is 2.35. The summed E-state index contributed by atoms with van der Waals surface area (Å²) in [7, 11) is 1.64. The van der Waals surface area contributed by atoms with Crippen molar-refractivity contribution in [2.75, 3.05) is 7.11 Å². The molecule has 0 atom stereocenters. The molecule has 6 nitrogen and oxygen atoms in total. The summed E-state index contributed by atoms with van der Waals surface area (Å²) >= 11 is 0. The lowest BCUT2D eigenvalue weighted by atomic mass is 10.2. The third-order valence-corrected chi connectivity index (χ3v) is 3.33. The molecule has 0 bridgehead atoms. The molecule has 21 heavy (non-hydrogen) atoms. The van der Waals surface area contributed by atoms with Crippen LogP contribution in [0.15, 0.2) is 48.9 Å². The Balaban J connectivity index is 2.08. The number of aromatic nitrogens is 5. The lowest BCUT2D eigenvalue weighted by Gasteiger charge is -2.08. The van der Waals surface area contributed by atoms with Gasteiger partial charge in [0, 0.05) is 11.8 Å². The fourth-order valence-corrected chi connectivity index (χ4v) is 2.34. The zero-order chi connectivity index (χ0) is 14.2. The topological polar surface area (TPSA) is 65.2 Å². The monoisotopic (exact) mass is 277 g/mol. The van der Waals surface area contributed by atoms with Gasteiger partial charge in [0.2, 0.25) is 0 Å². The molecule has 0 aliphatic heterocycles. The second-order valence-electron chi connectivity index (χ2n) is 4.56. The first kappa shape index (κ1) is 11.8. The Hall–Kier alpha value is -3.02. The Labute approximate surface area is 120 Å². The zero-order valence-corrected chi connectivity index (χ0v) is 11.3. The minimum absolute atomic E-state index is 0.693. The van der Waals surface area contributed by atoms with Gasteiger partial charge in [0.1, 0.15) is 23.4 Å². The van der Waals surface area contributed by atoms with Gasteiger partial charge in [0.15, 0.2) is 5.65 Å². The first-order valence-electron chi connectivity index (χ1n) is 6.46. The fraction of sp³-hybridized carbons (Fsp3) is 0.0667. The first-order chi connectivity index (χ1) is 10.4. The summed E-state index contributed by atoms with van der Waals surface area (Å²) in [6.45, 7) is 0. The van der Waals surface area contributed by atoms with Gasteiger partial charge in [0.05, 0.1) is 12.6 Å². The predicted molar refractivity (Wildman–Crippen MR) is 78.1 cm³/mol. The van der Waals surface area contributed by atoms with E-state index in [1.54, 1.807) is 19.6 Å². The van der Waals surface area contributed by atoms with Crippen molar-refractivity contribution in [2.45, 2.75) is 0 Å². The second kappa shape index (κ2) is 4.52. The van der Waals surface area contributed by atoms with Gasteiger partial charge in [-0.05, 0) is 24.3 Å². The Morgan fingerprint density at radius 2 is 2.10 bits per heavy atom. The first-order valence-corrected chi connectivity index (χ1v) is 6.46. The maximum absolute atomic E-state index is 5.28. The molecule has 0 spiro atoms. The highest BCUT2D eigenvalue weighted by Gasteiger charge is 2.12. The van der Waals surface area contributed by atoms with Crippen LogP contribution in [0.2, 0.25) is 0 Å². The molecule has 4 rings (SSSR count). The summed E-state index contributed by atoms with van der Waals surface area (Å²) in [4.78, 5) is 9.03. The van der Waals surface area contributed by atoms with E-state index in [2.05, 4.69) is 20.2 Å². The van der Waals surface area contributed by atoms with Crippen molar-refractivity contribution in [3.05, 3.63) is 48.9 Å². The van der Waals surface area contributed by atoms with Crippen molar-refractivity contribution in [1.82, 2.24) is 24.6 Å². The number of methoxy groups -OCH3 is 1. The number of pyridine rings is 1. The number of benzene rings is 1. The average Bonchev–Trinajstić information content (AvgIpc) is 3.04. The molecule has 4 aromatic rings. The van der Waals surface area contributed by atoms with E-state index in [1.165, 1.54) is 0 Å². The maximum Gasteiger partial charge on any atom is 0.190 e. The van der Waals surface area contributed by atoms with E-state index in [-0.39, 0.29) is 0 Å². The van der Waals surface area contributed by atoms with E-state index in [0.717, 1.165) is 28.2 Å². The zero-order valence-electron chi connectivity index (χ0n) is 11.3. The minimum atomic E-state index is 0.693. The molecule has 0 unspecified atom stereocenters. The molecular formula is C15H11N5O. The molecule has 3 heterocycles. The molecule has 6 heteroatoms. The van der Waals surface area contributed by atoms with E-state index in [1.807, 2.05) is 40.8 Å². The highest BCUT2D eigenvalue weighted by molar-refractivity contribution is 5.89. The van der Waals surface area contributed by atoms with Crippen LogP contribution in [-0.4, -0.2) is 31.7 Å². The van der Waals surface area contributed by atoms with Crippen molar-refractivity contribution >= 4 is 16.7 Å². The highest BCUT2D eigenvalue weighted by atomic mass is 16.5. The molecule has 0 saturated carbocycles. The third kappa shape index (κ3) is 1.80. The van der Waals surface area contributed by atoms with Gasteiger partial charge in [0.25, 0.3) is 0 Å². The SMILES string of the molecule is COc1cccc(-c2nc3cccnc3c3nncn23)c1. The maximum atomic E-state index is 5.28. The van der Waals surface area contributed by atoms with Crippen molar-refractivity contribution in [1.29, 1.82) is 0 Å². The lowest BCUT2D eigenvalue weighted by molar-refractivity contribution is 0.415. The van der Waals surface area contributed by atoms with Crippen LogP contribution in [0.5, 0.6) is 5.75 Å². The van der Waals surface area contributed by atoms with Gasteiger partial charge >= 0.3 is 0 Å². The van der Waals surface area contributed by atoms with Crippen molar-refractivity contribution in [2.24, 2.45) is 0 Å². The molecule has 0 aliphatic rings. The van der Waals surface area contributed by atoms with E-state index in [4.69, 9.17) is 4.74 Å². The summed E-state index contributed by atoms with van der Waals surface area (Å²) in [5.41, 5.74) is 3.15. The van der Waals surface area contributed by atoms with E-state index in [0.29, 0.717) is 5.65 Å². The number of rotatable bonds is 2. The molecular weight excluding hydrogens is 266 g/mol. The lowest BCUT2D eigenvalue weighted by Crippen LogP contribution is -1.98. The molecule has 0 aliphatic carbocycles. The van der Waals surface area contributed by atoms with Crippen LogP contribution in [0.25, 0.3) is 28.1 Å². The van der Waals surface area contributed by atoms with Crippen LogP contribution in [0.4, 0.5) is 0 Å². The summed E-state index contributed by atoms with van der Waals surface area (Å²) in [6, 6.07) is 11.5. The number of fused-ring (bicyclic) bond motifs is 3. The molecule has 0 radical (unpaired) electrons. The normalized spacial score (nSPS) is 11.1. The Morgan fingerprint density at radius 1 is 1.14 bits per heavy atom. The largest absolute Gasteiger partial charge is 0.497 e. The molecule has 3 aromatic heterocycles. The van der Waals surface area contributed by atoms with Gasteiger partial charge in [-0.3, -0.25) is 9.38 Å². The quantitative estimate of drug-likeness (QED) is 0.562. The molecule has 0 N–H and O–H groups in total. The minimum Gasteiger partial charge on any atom is -0.497 e. The fourth-order valence-electron chi connectivity index (χ4n) is 2.34. The molecule has 0 amide bonds. The van der Waals surface area contributed by atoms with Crippen LogP contribution < -0.4 is 4.74 Å². The van der Waals surface area contributed by atoms with Crippen LogP contribution in [0.3, 0.4) is 0 Å². The molecule has 0 saturated heterocycles. The molecule has 102 valence electrons. The third-order valence-electron chi connectivity index (χ3n) is 3.33. The van der Waals surface area contributed by atoms with Crippen LogP contribution in [0, 0.1) is 0 Å². The van der Waals surface area contributed by atoms with Crippen LogP contribution in [0.1, 0.15) is 0 Å². The Kier molecular flexibility index (Phi) is 2.53. The van der Waals surface area contributed by atoms with E-state index < -0.39 is 0 Å². The van der Waals surface area contributed by atoms with E-state index in [9.17, 15) is 0 Å². The van der Waals surface area contributed by atoms with Crippen molar-refractivity contribution in [3.63, 3.8) is 0 Å². The van der Waals surface area contributed by atoms with Crippen molar-refractivity contribution < 1.29 is 4.74 Å².